The number of nitro groups is 1. The molecule has 8 heteroatoms. The Morgan fingerprint density at radius 1 is 1.18 bits per heavy atom. The third-order valence-electron chi connectivity index (χ3n) is 4.91. The third kappa shape index (κ3) is 3.36. The van der Waals surface area contributed by atoms with Gasteiger partial charge < -0.3 is 10.2 Å². The molecule has 1 unspecified atom stereocenters. The molecule has 1 aliphatic heterocycles. The summed E-state index contributed by atoms with van der Waals surface area (Å²) in [6, 6.07) is 10.4. The van der Waals surface area contributed by atoms with Gasteiger partial charge in [0.15, 0.2) is 0 Å². The molecule has 0 saturated carbocycles. The van der Waals surface area contributed by atoms with Crippen molar-refractivity contribution >= 4 is 28.1 Å². The topological polar surface area (TPSA) is 88.4 Å². The lowest BCUT2D eigenvalue weighted by atomic mass is 10.1. The number of aromatic nitrogens is 1. The number of likely N-dealkylation sites (tertiary alicyclic amines) is 1. The molecule has 1 amide bonds. The van der Waals surface area contributed by atoms with Gasteiger partial charge in [0.25, 0.3) is 5.69 Å². The third-order valence-corrected chi connectivity index (χ3v) is 4.91. The van der Waals surface area contributed by atoms with E-state index in [0.717, 1.165) is 5.56 Å². The van der Waals surface area contributed by atoms with Gasteiger partial charge in [-0.3, -0.25) is 19.9 Å². The fraction of sp³-hybridized carbons (Fsp3) is 0.200. The van der Waals surface area contributed by atoms with E-state index in [1.807, 2.05) is 0 Å². The Labute approximate surface area is 159 Å². The predicted molar refractivity (Wildman–Crippen MR) is 102 cm³/mol. The van der Waals surface area contributed by atoms with Crippen molar-refractivity contribution in [2.45, 2.75) is 19.0 Å². The Morgan fingerprint density at radius 3 is 2.71 bits per heavy atom. The number of halogens is 1. The monoisotopic (exact) mass is 380 g/mol. The molecule has 1 N–H and O–H groups in total. The first-order valence-electron chi connectivity index (χ1n) is 8.84. The Hall–Kier alpha value is -3.55. The second-order valence-electron chi connectivity index (χ2n) is 6.68. The zero-order valence-electron chi connectivity index (χ0n) is 14.8. The van der Waals surface area contributed by atoms with Crippen molar-refractivity contribution in [2.75, 3.05) is 11.9 Å². The highest BCUT2D eigenvalue weighted by Gasteiger charge is 2.32. The van der Waals surface area contributed by atoms with Gasteiger partial charge in [0, 0.05) is 42.6 Å². The lowest BCUT2D eigenvalue weighted by molar-refractivity contribution is -0.383. The van der Waals surface area contributed by atoms with Crippen LogP contribution in [0.1, 0.15) is 12.0 Å². The van der Waals surface area contributed by atoms with E-state index in [2.05, 4.69) is 10.3 Å². The smallest absolute Gasteiger partial charge is 0.278 e. The van der Waals surface area contributed by atoms with Crippen LogP contribution in [0.25, 0.3) is 10.8 Å². The average molecular weight is 380 g/mol. The van der Waals surface area contributed by atoms with Crippen LogP contribution in [-0.2, 0) is 11.3 Å². The van der Waals surface area contributed by atoms with Crippen molar-refractivity contribution in [3.8, 4) is 0 Å². The largest absolute Gasteiger partial charge is 0.373 e. The fourth-order valence-corrected chi connectivity index (χ4v) is 3.49. The molecule has 2 heterocycles. The van der Waals surface area contributed by atoms with E-state index < -0.39 is 11.0 Å². The van der Waals surface area contributed by atoms with E-state index in [1.54, 1.807) is 35.4 Å². The molecular formula is C20H17FN4O3. The zero-order valence-corrected chi connectivity index (χ0v) is 14.8. The number of nitro benzene ring substituents is 1. The molecule has 3 aromatic rings. The Morgan fingerprint density at radius 2 is 1.96 bits per heavy atom. The van der Waals surface area contributed by atoms with Crippen molar-refractivity contribution in [2.24, 2.45) is 0 Å². The van der Waals surface area contributed by atoms with Crippen LogP contribution in [0.4, 0.5) is 15.8 Å². The number of anilines is 1. The van der Waals surface area contributed by atoms with Crippen LogP contribution in [0, 0.1) is 15.9 Å². The molecule has 1 atom stereocenters. The first-order chi connectivity index (χ1) is 13.5. The summed E-state index contributed by atoms with van der Waals surface area (Å²) < 4.78 is 13.1. The Bertz CT molecular complexity index is 1060. The van der Waals surface area contributed by atoms with Gasteiger partial charge in [-0.15, -0.1) is 0 Å². The second kappa shape index (κ2) is 7.22. The highest BCUT2D eigenvalue weighted by molar-refractivity contribution is 6.00. The summed E-state index contributed by atoms with van der Waals surface area (Å²) in [4.78, 5) is 29.2. The molecule has 0 aliphatic carbocycles. The number of rotatable bonds is 5. The minimum atomic E-state index is -0.445. The van der Waals surface area contributed by atoms with Gasteiger partial charge in [-0.1, -0.05) is 12.1 Å². The summed E-state index contributed by atoms with van der Waals surface area (Å²) in [5.74, 6) is -0.361. The highest BCUT2D eigenvalue weighted by Crippen LogP contribution is 2.32. The highest BCUT2D eigenvalue weighted by atomic mass is 19.1. The molecule has 4 rings (SSSR count). The minimum Gasteiger partial charge on any atom is -0.373 e. The van der Waals surface area contributed by atoms with E-state index in [9.17, 15) is 19.3 Å². The molecule has 142 valence electrons. The summed E-state index contributed by atoms with van der Waals surface area (Å²) in [5.41, 5.74) is 1.50. The average Bonchev–Trinajstić information content (AvgIpc) is 3.03. The Kier molecular flexibility index (Phi) is 4.60. The number of fused-ring (bicyclic) bond motifs is 1. The van der Waals surface area contributed by atoms with Crippen LogP contribution in [0.3, 0.4) is 0 Å². The number of non-ortho nitro benzene ring substituents is 1. The summed E-state index contributed by atoms with van der Waals surface area (Å²) in [6.45, 7) is 1.00. The van der Waals surface area contributed by atoms with Crippen molar-refractivity contribution < 1.29 is 14.1 Å². The summed E-state index contributed by atoms with van der Waals surface area (Å²) in [7, 11) is 0. The molecule has 0 bridgehead atoms. The summed E-state index contributed by atoms with van der Waals surface area (Å²) in [5, 5.41) is 15.5. The lowest BCUT2D eigenvalue weighted by Crippen LogP contribution is -2.33. The van der Waals surface area contributed by atoms with E-state index in [-0.39, 0.29) is 17.4 Å². The summed E-state index contributed by atoms with van der Waals surface area (Å²) in [6.07, 6.45) is 3.63. The normalized spacial score (nSPS) is 16.5. The Balaban J connectivity index is 1.54. The molecular weight excluding hydrogens is 363 g/mol. The van der Waals surface area contributed by atoms with Crippen LogP contribution in [0.2, 0.25) is 0 Å². The number of carbonyl (C=O) groups is 1. The van der Waals surface area contributed by atoms with Crippen LogP contribution in [0.5, 0.6) is 0 Å². The van der Waals surface area contributed by atoms with Crippen LogP contribution < -0.4 is 5.32 Å². The van der Waals surface area contributed by atoms with Crippen molar-refractivity contribution in [3.05, 3.63) is 76.4 Å². The minimum absolute atomic E-state index is 0.0238. The number of pyridine rings is 1. The molecule has 1 aliphatic rings. The maximum Gasteiger partial charge on any atom is 0.278 e. The fourth-order valence-electron chi connectivity index (χ4n) is 3.49. The first-order valence-corrected chi connectivity index (χ1v) is 8.84. The molecule has 2 aromatic carbocycles. The zero-order chi connectivity index (χ0) is 19.7. The van der Waals surface area contributed by atoms with Gasteiger partial charge in [0.05, 0.1) is 10.3 Å². The number of hydrogen-bond donors (Lipinski definition) is 1. The lowest BCUT2D eigenvalue weighted by Gasteiger charge is -2.18. The number of nitrogens with one attached hydrogen (secondary N) is 1. The van der Waals surface area contributed by atoms with E-state index >= 15 is 0 Å². The quantitative estimate of drug-likeness (QED) is 0.541. The van der Waals surface area contributed by atoms with Crippen LogP contribution in [-0.4, -0.2) is 33.3 Å². The van der Waals surface area contributed by atoms with Crippen molar-refractivity contribution in [1.29, 1.82) is 0 Å². The number of nitrogens with zero attached hydrogens (tertiary/aromatic N) is 3. The number of carbonyl (C=O) groups excluding carboxylic acids is 1. The van der Waals surface area contributed by atoms with E-state index in [4.69, 9.17) is 0 Å². The van der Waals surface area contributed by atoms with Crippen LogP contribution >= 0.6 is 0 Å². The molecule has 1 saturated heterocycles. The number of benzene rings is 2. The van der Waals surface area contributed by atoms with Gasteiger partial charge in [0.1, 0.15) is 11.9 Å². The number of hydrogen-bond acceptors (Lipinski definition) is 5. The number of amides is 1. The van der Waals surface area contributed by atoms with Gasteiger partial charge >= 0.3 is 0 Å². The molecule has 1 aromatic heterocycles. The van der Waals surface area contributed by atoms with Gasteiger partial charge in [-0.2, -0.15) is 0 Å². The summed E-state index contributed by atoms with van der Waals surface area (Å²) >= 11 is 0. The molecule has 28 heavy (non-hydrogen) atoms. The molecule has 7 nitrogen and oxygen atoms in total. The SMILES string of the molecule is O=C1C(Nc2ccc([N+](=O)[O-])c3cnccc23)CCN1Cc1ccc(F)cc1. The second-order valence-corrected chi connectivity index (χ2v) is 6.68. The molecule has 0 radical (unpaired) electrons. The predicted octanol–water partition coefficient (Wildman–Crippen LogP) is 3.50. The van der Waals surface area contributed by atoms with Gasteiger partial charge in [-0.05, 0) is 36.2 Å². The molecule has 0 spiro atoms. The molecule has 1 fully saturated rings. The van der Waals surface area contributed by atoms with Crippen LogP contribution in [0.15, 0.2) is 54.9 Å². The maximum atomic E-state index is 13.1. The maximum absolute atomic E-state index is 13.1. The first kappa shape index (κ1) is 17.8. The van der Waals surface area contributed by atoms with Gasteiger partial charge in [0.2, 0.25) is 5.91 Å². The van der Waals surface area contributed by atoms with Crippen molar-refractivity contribution in [3.63, 3.8) is 0 Å². The van der Waals surface area contributed by atoms with Gasteiger partial charge in [-0.25, -0.2) is 4.39 Å². The standard InChI is InChI=1S/C20H17FN4O3/c21-14-3-1-13(2-4-14)12-24-10-8-18(20(24)26)23-17-5-6-19(25(27)28)16-11-22-9-7-15(16)17/h1-7,9,11,18,23H,8,10,12H2. The van der Waals surface area contributed by atoms with Crippen molar-refractivity contribution in [1.82, 2.24) is 9.88 Å². The van der Waals surface area contributed by atoms with E-state index in [1.165, 1.54) is 24.4 Å². The van der Waals surface area contributed by atoms with E-state index in [0.29, 0.717) is 36.0 Å².